The molecular formula is C86H96BrN6O14S3+. The largest absolute Gasteiger partial charge is 0.478 e. The van der Waals surface area contributed by atoms with Crippen LogP contribution in [0.5, 0.6) is 0 Å². The van der Waals surface area contributed by atoms with Crippen LogP contribution in [-0.2, 0) is 108 Å². The third-order valence-corrected chi connectivity index (χ3v) is 21.0. The zero-order chi connectivity index (χ0) is 79.5. The van der Waals surface area contributed by atoms with Gasteiger partial charge in [0, 0.05) is 88.3 Å². The number of aliphatic carboxylic acids is 1. The Morgan fingerprint density at radius 2 is 0.827 bits per heavy atom. The molecule has 0 spiro atoms. The molecule has 24 heteroatoms. The Labute approximate surface area is 663 Å². The fraction of sp³-hybridized carbons (Fsp3) is 0.314. The van der Waals surface area contributed by atoms with Gasteiger partial charge in [-0.1, -0.05) is 123 Å². The molecule has 0 radical (unpaired) electrons. The normalized spacial score (nSPS) is 11.3. The van der Waals surface area contributed by atoms with E-state index in [0.29, 0.717) is 67.7 Å². The topological polar surface area (TPSA) is 258 Å². The standard InChI is InChI=1S/C29H35N2O5S.C25H28N2O3S.C23H24N2O4S.C9H9BrO2/c1-5-6-9-27-30(15-14-28(33)35-3)20-25(17-24(21(2)32)18-26-8-7-16-37-26)31(27)19-22-10-12-23(13-11-22)29(34)36-4;1-4-5-8-24-26-16-22(14-21(18(2)28)15-23-7-6-13-31-23)27(24)17-19-9-11-20(12-10-19)25(29)30-3;1-2-3-6-21-24-14-19(12-18(23(28)29)13-20-5-4-11-30-20)25(21)15-16-7-9-17(10-8-16)22(26)27;1-12-9(11)8-4-2-7(6-10)3-5-8/h7-8,10-13,16-17,20H,5-6,9,14-15,18-19H2,1-4H3;6-7,9-14,16H,4-5,8,15,17H2,1-3H3;4-5,7-12,14H,2-3,6,13,15H2,1H3,(H,26,27)(H,28,29);2-5H,6H2,1H3/q+1;;;/b24-17+;21-14+;18-12+;. The molecule has 6 aromatic heterocycles. The van der Waals surface area contributed by atoms with Crippen LogP contribution in [0.25, 0.3) is 18.2 Å². The third kappa shape index (κ3) is 26.9. The molecule has 0 fully saturated rings. The molecule has 2 N–H and O–H groups in total. The van der Waals surface area contributed by atoms with E-state index < -0.39 is 11.9 Å². The molecule has 0 atom stereocenters. The van der Waals surface area contributed by atoms with Crippen molar-refractivity contribution in [3.63, 3.8) is 0 Å². The van der Waals surface area contributed by atoms with Gasteiger partial charge in [-0.25, -0.2) is 43.1 Å². The van der Waals surface area contributed by atoms with Gasteiger partial charge < -0.3 is 38.3 Å². The molecule has 20 nitrogen and oxygen atoms in total. The van der Waals surface area contributed by atoms with Gasteiger partial charge in [0.05, 0.1) is 80.9 Å². The van der Waals surface area contributed by atoms with Crippen molar-refractivity contribution >= 4 is 116 Å². The molecule has 4 aromatic carbocycles. The van der Waals surface area contributed by atoms with E-state index in [1.54, 1.807) is 109 Å². The number of aromatic nitrogens is 6. The van der Waals surface area contributed by atoms with Crippen LogP contribution in [0.1, 0.15) is 192 Å². The summed E-state index contributed by atoms with van der Waals surface area (Å²) in [5.41, 5.74) is 10.3. The average Bonchev–Trinajstić information content (AvgIpc) is 1.66. The highest BCUT2D eigenvalue weighted by molar-refractivity contribution is 9.08. The Bertz CT molecular complexity index is 4720. The lowest BCUT2D eigenvalue weighted by Gasteiger charge is -2.12. The molecule has 10 rings (SSSR count). The smallest absolute Gasteiger partial charge is 0.337 e. The number of imidazole rings is 3. The number of rotatable bonds is 35. The highest BCUT2D eigenvalue weighted by Gasteiger charge is 2.25. The maximum Gasteiger partial charge on any atom is 0.337 e. The summed E-state index contributed by atoms with van der Waals surface area (Å²) < 4.78 is 27.5. The molecule has 0 aliphatic heterocycles. The Hall–Kier alpha value is -10.5. The van der Waals surface area contributed by atoms with E-state index in [2.05, 4.69) is 65.1 Å². The maximum absolute atomic E-state index is 12.6. The van der Waals surface area contributed by atoms with Crippen LogP contribution in [-0.4, -0.2) is 110 Å². The summed E-state index contributed by atoms with van der Waals surface area (Å²) in [4.78, 5) is 107. The number of ether oxygens (including phenoxy) is 4. The number of hydrogen-bond acceptors (Lipinski definition) is 17. The molecule has 0 aliphatic carbocycles. The summed E-state index contributed by atoms with van der Waals surface area (Å²) in [7, 11) is 5.51. The zero-order valence-corrected chi connectivity index (χ0v) is 67.7. The number of hydrogen-bond donors (Lipinski definition) is 2. The molecular weight excluding hydrogens is 1520 g/mol. The molecule has 6 heterocycles. The van der Waals surface area contributed by atoms with Gasteiger partial charge >= 0.3 is 35.8 Å². The van der Waals surface area contributed by atoms with Crippen LogP contribution in [0.15, 0.2) is 185 Å². The summed E-state index contributed by atoms with van der Waals surface area (Å²) in [6, 6.07) is 40.7. The first-order chi connectivity index (χ1) is 53.1. The van der Waals surface area contributed by atoms with Gasteiger partial charge in [0.25, 0.3) is 5.82 Å². The first-order valence-corrected chi connectivity index (χ1v) is 40.0. The molecule has 0 bridgehead atoms. The Morgan fingerprint density at radius 1 is 0.464 bits per heavy atom. The first kappa shape index (κ1) is 86.7. The van der Waals surface area contributed by atoms with Gasteiger partial charge in [-0.15, -0.1) is 34.0 Å². The van der Waals surface area contributed by atoms with Gasteiger partial charge in [0.15, 0.2) is 17.3 Å². The second-order valence-corrected chi connectivity index (χ2v) is 29.3. The van der Waals surface area contributed by atoms with Gasteiger partial charge in [-0.2, -0.15) is 0 Å². The number of carboxylic acid groups (broad SMARTS) is 2. The number of Topliss-reactive ketones (excluding diaryl/α,β-unsaturated/α-hetero) is 2. The lowest BCUT2D eigenvalue weighted by molar-refractivity contribution is -0.702. The molecule has 0 aliphatic rings. The fourth-order valence-electron chi connectivity index (χ4n) is 11.5. The number of carbonyl (C=O) groups excluding carboxylic acids is 6. The van der Waals surface area contributed by atoms with E-state index in [9.17, 15) is 43.5 Å². The number of unbranched alkanes of at least 4 members (excludes halogenated alkanes) is 3. The molecule has 0 saturated heterocycles. The summed E-state index contributed by atoms with van der Waals surface area (Å²) in [6.45, 7) is 11.8. The van der Waals surface area contributed by atoms with E-state index in [4.69, 9.17) is 19.3 Å². The Balaban J connectivity index is 0.000000214. The maximum atomic E-state index is 12.6. The quantitative estimate of drug-likeness (QED) is 0.0123. The van der Waals surface area contributed by atoms with Crippen molar-refractivity contribution in [3.8, 4) is 0 Å². The number of thiophene rings is 3. The van der Waals surface area contributed by atoms with Crippen molar-refractivity contribution in [3.05, 3.63) is 279 Å². The van der Waals surface area contributed by atoms with E-state index in [-0.39, 0.29) is 47.4 Å². The predicted octanol–water partition coefficient (Wildman–Crippen LogP) is 17.2. The number of esters is 4. The molecule has 10 aromatic rings. The summed E-state index contributed by atoms with van der Waals surface area (Å²) in [6.07, 6.45) is 21.7. The average molecular weight is 1610 g/mol. The molecule has 0 saturated carbocycles. The van der Waals surface area contributed by atoms with Gasteiger partial charge in [0.2, 0.25) is 0 Å². The van der Waals surface area contributed by atoms with Crippen LogP contribution in [0.3, 0.4) is 0 Å². The lowest BCUT2D eigenvalue weighted by Crippen LogP contribution is -2.38. The van der Waals surface area contributed by atoms with Crippen LogP contribution < -0.4 is 4.57 Å². The summed E-state index contributed by atoms with van der Waals surface area (Å²) in [5, 5.41) is 25.6. The number of alkyl halides is 1. The number of carbonyl (C=O) groups is 8. The minimum atomic E-state index is -0.962. The summed E-state index contributed by atoms with van der Waals surface area (Å²) >= 11 is 8.14. The molecule has 0 unspecified atom stereocenters. The predicted molar refractivity (Wildman–Crippen MR) is 435 cm³/mol. The minimum Gasteiger partial charge on any atom is -0.478 e. The first-order valence-electron chi connectivity index (χ1n) is 36.2. The van der Waals surface area contributed by atoms with Gasteiger partial charge in [-0.05, 0) is 156 Å². The van der Waals surface area contributed by atoms with Crippen molar-refractivity contribution < 1.29 is 72.1 Å². The second-order valence-electron chi connectivity index (χ2n) is 25.7. The number of ketones is 2. The van der Waals surface area contributed by atoms with Crippen molar-refractivity contribution in [2.24, 2.45) is 0 Å². The van der Waals surface area contributed by atoms with Crippen molar-refractivity contribution in [1.29, 1.82) is 0 Å². The number of aromatic carboxylic acids is 1. The highest BCUT2D eigenvalue weighted by atomic mass is 79.9. The number of halogens is 1. The number of carboxylic acids is 2. The van der Waals surface area contributed by atoms with Crippen LogP contribution in [0, 0.1) is 0 Å². The minimum absolute atomic E-state index is 0.0276. The van der Waals surface area contributed by atoms with E-state index in [0.717, 1.165) is 146 Å². The highest BCUT2D eigenvalue weighted by Crippen LogP contribution is 2.25. The van der Waals surface area contributed by atoms with Crippen molar-refractivity contribution in [2.45, 2.75) is 150 Å². The Morgan fingerprint density at radius 3 is 1.17 bits per heavy atom. The zero-order valence-electron chi connectivity index (χ0n) is 63.7. The molecule has 578 valence electrons. The van der Waals surface area contributed by atoms with E-state index in [1.807, 2.05) is 118 Å². The third-order valence-electron chi connectivity index (χ3n) is 17.7. The van der Waals surface area contributed by atoms with Gasteiger partial charge in [-0.3, -0.25) is 14.4 Å². The second kappa shape index (κ2) is 45.4. The van der Waals surface area contributed by atoms with Crippen LogP contribution >= 0.6 is 49.9 Å². The van der Waals surface area contributed by atoms with Crippen LogP contribution in [0.2, 0.25) is 0 Å². The van der Waals surface area contributed by atoms with Crippen LogP contribution in [0.4, 0.5) is 0 Å². The van der Waals surface area contributed by atoms with Crippen molar-refractivity contribution in [2.75, 3.05) is 28.4 Å². The Kier molecular flexibility index (Phi) is 35.8. The number of aryl methyl sites for hydroxylation is 3. The monoisotopic (exact) mass is 1610 g/mol. The molecule has 110 heavy (non-hydrogen) atoms. The van der Waals surface area contributed by atoms with E-state index >= 15 is 0 Å². The lowest BCUT2D eigenvalue weighted by atomic mass is 10.1. The van der Waals surface area contributed by atoms with Crippen molar-refractivity contribution in [1.82, 2.24) is 23.7 Å². The summed E-state index contributed by atoms with van der Waals surface area (Å²) in [5.74, 6) is -0.119. The van der Waals surface area contributed by atoms with E-state index in [1.165, 1.54) is 39.8 Å². The number of methoxy groups -OCH3 is 4. The van der Waals surface area contributed by atoms with Gasteiger partial charge in [0.1, 0.15) is 30.9 Å². The fourth-order valence-corrected chi connectivity index (χ4v) is 14.1. The SMILES string of the molecule is CCCCc1n(Cc2ccc(C(=O)OC)cc2)c(/C=C(\Cc2cccs2)C(C)=O)c[n+]1CCC(=O)OC.CCCCc1ncc(/C=C(\Cc2cccs2)C(=O)O)n1Cc1ccc(C(=O)O)cc1.CCCCc1ncc(/C=C(\Cc2cccs2)C(C)=O)n1Cc1ccc(C(=O)OC)cc1.COC(=O)c1ccc(CBr)cc1. The molecule has 0 amide bonds. The number of allylic oxidation sites excluding steroid dienone is 2. The number of nitrogens with zero attached hydrogens (tertiary/aromatic N) is 6. The number of benzene rings is 4.